The van der Waals surface area contributed by atoms with Gasteiger partial charge in [-0.05, 0) is 25.0 Å². The van der Waals surface area contributed by atoms with Gasteiger partial charge in [-0.15, -0.1) is 0 Å². The average molecular weight is 307 g/mol. The van der Waals surface area contributed by atoms with Gasteiger partial charge < -0.3 is 10.5 Å². The quantitative estimate of drug-likeness (QED) is 0.453. The Bertz CT molecular complexity index is 524. The molecule has 0 radical (unpaired) electrons. The molecule has 1 aliphatic rings. The minimum atomic E-state index is -0.614. The van der Waals surface area contributed by atoms with E-state index in [0.29, 0.717) is 18.9 Å². The van der Waals surface area contributed by atoms with Gasteiger partial charge in [0.15, 0.2) is 0 Å². The molecule has 0 heterocycles. The molecule has 7 heteroatoms. The number of nitrogens with one attached hydrogen (secondary N) is 1. The predicted molar refractivity (Wildman–Crippen MR) is 81.6 cm³/mol. The summed E-state index contributed by atoms with van der Waals surface area (Å²) in [5.74, 6) is 0.256. The van der Waals surface area contributed by atoms with Gasteiger partial charge in [0.05, 0.1) is 10.5 Å². The van der Waals surface area contributed by atoms with E-state index < -0.39 is 10.5 Å². The maximum atomic E-state index is 11.7. The fourth-order valence-electron chi connectivity index (χ4n) is 2.79. The third kappa shape index (κ3) is 3.94. The number of rotatable bonds is 7. The van der Waals surface area contributed by atoms with Crippen molar-refractivity contribution in [2.75, 3.05) is 13.2 Å². The molecule has 0 unspecified atom stereocenters. The van der Waals surface area contributed by atoms with Gasteiger partial charge in [-0.3, -0.25) is 20.2 Å². The highest BCUT2D eigenvalue weighted by Gasteiger charge is 2.36. The number of carbonyl (C=O) groups is 1. The number of primary amides is 1. The summed E-state index contributed by atoms with van der Waals surface area (Å²) in [4.78, 5) is 21.8. The zero-order chi connectivity index (χ0) is 16.0. The van der Waals surface area contributed by atoms with Crippen LogP contribution in [-0.4, -0.2) is 29.5 Å². The number of nitrogens with zero attached hydrogens (tertiary/aromatic N) is 1. The first kappa shape index (κ1) is 16.2. The van der Waals surface area contributed by atoms with Gasteiger partial charge in [-0.25, -0.2) is 0 Å². The molecule has 0 aromatic heterocycles. The van der Waals surface area contributed by atoms with E-state index in [9.17, 15) is 14.9 Å². The van der Waals surface area contributed by atoms with E-state index in [4.69, 9.17) is 10.5 Å². The van der Waals surface area contributed by atoms with E-state index in [0.717, 1.165) is 32.1 Å². The van der Waals surface area contributed by atoms with Crippen LogP contribution >= 0.6 is 0 Å². The van der Waals surface area contributed by atoms with E-state index in [1.807, 2.05) is 0 Å². The summed E-state index contributed by atoms with van der Waals surface area (Å²) in [7, 11) is 0. The van der Waals surface area contributed by atoms with Crippen molar-refractivity contribution >= 4 is 11.6 Å². The molecular weight excluding hydrogens is 286 g/mol. The number of ether oxygens (including phenoxy) is 1. The van der Waals surface area contributed by atoms with Crippen LogP contribution in [0.2, 0.25) is 0 Å². The van der Waals surface area contributed by atoms with Crippen molar-refractivity contribution in [3.63, 3.8) is 0 Å². The fourth-order valence-corrected chi connectivity index (χ4v) is 2.79. The number of non-ortho nitro benzene ring substituents is 1. The molecule has 120 valence electrons. The lowest BCUT2D eigenvalue weighted by atomic mass is 9.81. The zero-order valence-corrected chi connectivity index (χ0v) is 12.4. The van der Waals surface area contributed by atoms with E-state index in [-0.39, 0.29) is 11.6 Å². The summed E-state index contributed by atoms with van der Waals surface area (Å²) in [5.41, 5.74) is 4.95. The lowest BCUT2D eigenvalue weighted by Gasteiger charge is -2.35. The summed E-state index contributed by atoms with van der Waals surface area (Å²) in [6.07, 6.45) is 4.66. The first-order chi connectivity index (χ1) is 10.5. The van der Waals surface area contributed by atoms with Crippen LogP contribution in [0.15, 0.2) is 24.3 Å². The molecule has 1 fully saturated rings. The maximum Gasteiger partial charge on any atom is 0.269 e. The van der Waals surface area contributed by atoms with Crippen molar-refractivity contribution in [2.45, 2.75) is 37.6 Å². The van der Waals surface area contributed by atoms with Gasteiger partial charge in [0.1, 0.15) is 12.4 Å². The monoisotopic (exact) mass is 307 g/mol. The lowest BCUT2D eigenvalue weighted by molar-refractivity contribution is -0.384. The molecule has 7 nitrogen and oxygen atoms in total. The average Bonchev–Trinajstić information content (AvgIpc) is 2.53. The van der Waals surface area contributed by atoms with Gasteiger partial charge in [-0.2, -0.15) is 0 Å². The van der Waals surface area contributed by atoms with Gasteiger partial charge in [0, 0.05) is 18.7 Å². The van der Waals surface area contributed by atoms with Crippen LogP contribution in [0, 0.1) is 10.1 Å². The molecule has 3 N–H and O–H groups in total. The van der Waals surface area contributed by atoms with Crippen LogP contribution in [0.25, 0.3) is 0 Å². The Labute approximate surface area is 129 Å². The SMILES string of the molecule is NC(=O)C1(NCCOc2ccc([N+](=O)[O-])cc2)CCCCC1. The van der Waals surface area contributed by atoms with Crippen molar-refractivity contribution in [3.8, 4) is 5.75 Å². The van der Waals surface area contributed by atoms with Crippen molar-refractivity contribution in [1.29, 1.82) is 0 Å². The van der Waals surface area contributed by atoms with Gasteiger partial charge in [0.2, 0.25) is 5.91 Å². The molecule has 1 aliphatic carbocycles. The number of nitrogens with two attached hydrogens (primary N) is 1. The first-order valence-corrected chi connectivity index (χ1v) is 7.46. The number of hydrogen-bond acceptors (Lipinski definition) is 5. The topological polar surface area (TPSA) is 107 Å². The lowest BCUT2D eigenvalue weighted by Crippen LogP contribution is -2.57. The van der Waals surface area contributed by atoms with Gasteiger partial charge >= 0.3 is 0 Å². The van der Waals surface area contributed by atoms with Crippen LogP contribution < -0.4 is 15.8 Å². The molecule has 1 saturated carbocycles. The van der Waals surface area contributed by atoms with Crippen molar-refractivity contribution in [2.24, 2.45) is 5.73 Å². The largest absolute Gasteiger partial charge is 0.492 e. The Balaban J connectivity index is 1.80. The van der Waals surface area contributed by atoms with Crippen molar-refractivity contribution in [3.05, 3.63) is 34.4 Å². The zero-order valence-electron chi connectivity index (χ0n) is 12.4. The second kappa shape index (κ2) is 7.22. The molecule has 1 aromatic rings. The molecule has 0 bridgehead atoms. The first-order valence-electron chi connectivity index (χ1n) is 7.46. The van der Waals surface area contributed by atoms with E-state index in [1.165, 1.54) is 12.1 Å². The molecule has 0 saturated heterocycles. The normalized spacial score (nSPS) is 16.9. The summed E-state index contributed by atoms with van der Waals surface area (Å²) >= 11 is 0. The minimum Gasteiger partial charge on any atom is -0.492 e. The molecule has 0 atom stereocenters. The van der Waals surface area contributed by atoms with Crippen LogP contribution in [0.1, 0.15) is 32.1 Å². The van der Waals surface area contributed by atoms with Crippen LogP contribution in [-0.2, 0) is 4.79 Å². The molecule has 2 rings (SSSR count). The summed E-state index contributed by atoms with van der Waals surface area (Å²) in [6.45, 7) is 0.868. The number of nitro benzene ring substituents is 1. The Morgan fingerprint density at radius 1 is 1.27 bits per heavy atom. The third-order valence-corrected chi connectivity index (χ3v) is 4.06. The number of benzene rings is 1. The fraction of sp³-hybridized carbons (Fsp3) is 0.533. The summed E-state index contributed by atoms with van der Waals surface area (Å²) in [6, 6.07) is 5.91. The molecule has 1 aromatic carbocycles. The molecule has 1 amide bonds. The minimum absolute atomic E-state index is 0.0281. The number of amides is 1. The number of nitro groups is 1. The Morgan fingerprint density at radius 3 is 2.45 bits per heavy atom. The molecule has 22 heavy (non-hydrogen) atoms. The number of carbonyl (C=O) groups excluding carboxylic acids is 1. The molecular formula is C15H21N3O4. The predicted octanol–water partition coefficient (Wildman–Crippen LogP) is 1.75. The van der Waals surface area contributed by atoms with Crippen LogP contribution in [0.5, 0.6) is 5.75 Å². The Hall–Kier alpha value is -2.15. The molecule has 0 spiro atoms. The highest BCUT2D eigenvalue weighted by molar-refractivity contribution is 5.84. The Kier molecular flexibility index (Phi) is 5.32. The van der Waals surface area contributed by atoms with Crippen molar-refractivity contribution in [1.82, 2.24) is 5.32 Å². The maximum absolute atomic E-state index is 11.7. The third-order valence-electron chi connectivity index (χ3n) is 4.06. The second-order valence-corrected chi connectivity index (χ2v) is 5.53. The van der Waals surface area contributed by atoms with E-state index in [2.05, 4.69) is 5.32 Å². The highest BCUT2D eigenvalue weighted by Crippen LogP contribution is 2.27. The highest BCUT2D eigenvalue weighted by atomic mass is 16.6. The van der Waals surface area contributed by atoms with Crippen LogP contribution in [0.3, 0.4) is 0 Å². The summed E-state index contributed by atoms with van der Waals surface area (Å²) < 4.78 is 5.52. The Morgan fingerprint density at radius 2 is 1.91 bits per heavy atom. The molecule has 0 aliphatic heterocycles. The van der Waals surface area contributed by atoms with E-state index in [1.54, 1.807) is 12.1 Å². The van der Waals surface area contributed by atoms with Gasteiger partial charge in [-0.1, -0.05) is 19.3 Å². The van der Waals surface area contributed by atoms with Gasteiger partial charge in [0.25, 0.3) is 5.69 Å². The standard InChI is InChI=1S/C15H21N3O4/c16-14(19)15(8-2-1-3-9-15)17-10-11-22-13-6-4-12(5-7-13)18(20)21/h4-7,17H,1-3,8-11H2,(H2,16,19). The summed E-state index contributed by atoms with van der Waals surface area (Å²) in [5, 5.41) is 13.8. The number of hydrogen-bond donors (Lipinski definition) is 2. The van der Waals surface area contributed by atoms with Crippen LogP contribution in [0.4, 0.5) is 5.69 Å². The second-order valence-electron chi connectivity index (χ2n) is 5.53. The van der Waals surface area contributed by atoms with E-state index >= 15 is 0 Å². The van der Waals surface area contributed by atoms with Crippen molar-refractivity contribution < 1.29 is 14.5 Å². The smallest absolute Gasteiger partial charge is 0.269 e.